The Hall–Kier alpha value is -0.370. The fraction of sp³-hybridized carbons (Fsp3) is 0.952. The summed E-state index contributed by atoms with van der Waals surface area (Å²) in [6.07, 6.45) is 10.0. The first-order chi connectivity index (χ1) is 10.9. The van der Waals surface area contributed by atoms with Crippen molar-refractivity contribution in [3.63, 3.8) is 0 Å². The van der Waals surface area contributed by atoms with Gasteiger partial charge in [0.2, 0.25) is 0 Å². The fourth-order valence-corrected chi connectivity index (χ4v) is 7.02. The van der Waals surface area contributed by atoms with E-state index < -0.39 is 0 Å². The summed E-state index contributed by atoms with van der Waals surface area (Å²) in [5.74, 6) is 3.52. The van der Waals surface area contributed by atoms with Gasteiger partial charge in [0.25, 0.3) is 0 Å². The second kappa shape index (κ2) is 6.17. The van der Waals surface area contributed by atoms with E-state index in [1.807, 2.05) is 13.8 Å². The Morgan fingerprint density at radius 3 is 2.35 bits per heavy atom. The molecule has 4 aliphatic rings. The van der Waals surface area contributed by atoms with Gasteiger partial charge in [-0.05, 0) is 79.4 Å². The Balaban J connectivity index is 0.000000753. The summed E-state index contributed by atoms with van der Waals surface area (Å²) in [5.41, 5.74) is 0.598. The highest BCUT2D eigenvalue weighted by Gasteiger charge is 2.59. The monoisotopic (exact) mass is 320 g/mol. The zero-order chi connectivity index (χ0) is 16.8. The van der Waals surface area contributed by atoms with Gasteiger partial charge in [-0.25, -0.2) is 0 Å². The minimum absolute atomic E-state index is 0.0677. The van der Waals surface area contributed by atoms with Crippen molar-refractivity contribution in [3.05, 3.63) is 0 Å². The van der Waals surface area contributed by atoms with Crippen LogP contribution in [-0.2, 0) is 4.79 Å². The van der Waals surface area contributed by atoms with Gasteiger partial charge in [0.15, 0.2) is 0 Å². The van der Waals surface area contributed by atoms with Crippen LogP contribution >= 0.6 is 0 Å². The van der Waals surface area contributed by atoms with Crippen molar-refractivity contribution >= 4 is 5.78 Å². The molecule has 2 nitrogen and oxygen atoms in total. The van der Waals surface area contributed by atoms with Crippen LogP contribution in [0.4, 0.5) is 0 Å². The molecule has 0 aliphatic heterocycles. The minimum Gasteiger partial charge on any atom is -0.393 e. The maximum atomic E-state index is 11.9. The van der Waals surface area contributed by atoms with Crippen molar-refractivity contribution in [1.82, 2.24) is 0 Å². The van der Waals surface area contributed by atoms with Gasteiger partial charge >= 0.3 is 0 Å². The van der Waals surface area contributed by atoms with Crippen molar-refractivity contribution in [2.45, 2.75) is 91.6 Å². The highest BCUT2D eigenvalue weighted by molar-refractivity contribution is 5.79. The molecule has 2 heteroatoms. The summed E-state index contributed by atoms with van der Waals surface area (Å²) >= 11 is 0. The van der Waals surface area contributed by atoms with Crippen LogP contribution < -0.4 is 0 Å². The number of aliphatic hydroxyl groups is 1. The number of fused-ring (bicyclic) bond motifs is 5. The third kappa shape index (κ3) is 2.51. The summed E-state index contributed by atoms with van der Waals surface area (Å²) in [6, 6.07) is 0. The summed E-state index contributed by atoms with van der Waals surface area (Å²) in [4.78, 5) is 11.9. The van der Waals surface area contributed by atoms with E-state index in [1.54, 1.807) is 0 Å². The van der Waals surface area contributed by atoms with Crippen LogP contribution in [0.2, 0.25) is 0 Å². The van der Waals surface area contributed by atoms with Crippen LogP contribution in [0.3, 0.4) is 0 Å². The molecule has 4 aliphatic carbocycles. The summed E-state index contributed by atoms with van der Waals surface area (Å²) < 4.78 is 0. The minimum atomic E-state index is -0.0677. The maximum Gasteiger partial charge on any atom is 0.133 e. The molecule has 4 rings (SSSR count). The lowest BCUT2D eigenvalue weighted by Gasteiger charge is -2.60. The van der Waals surface area contributed by atoms with E-state index in [0.29, 0.717) is 17.1 Å². The molecule has 0 bridgehead atoms. The van der Waals surface area contributed by atoms with E-state index in [1.165, 1.54) is 32.1 Å². The number of carbonyl (C=O) groups excluding carboxylic acids is 1. The smallest absolute Gasteiger partial charge is 0.133 e. The molecule has 0 aromatic heterocycles. The second-order valence-corrected chi connectivity index (χ2v) is 9.04. The fourth-order valence-electron chi connectivity index (χ4n) is 7.02. The number of ketones is 1. The average molecular weight is 321 g/mol. The second-order valence-electron chi connectivity index (χ2n) is 9.04. The molecule has 7 atom stereocenters. The zero-order valence-corrected chi connectivity index (χ0v) is 15.6. The van der Waals surface area contributed by atoms with E-state index >= 15 is 0 Å². The van der Waals surface area contributed by atoms with Gasteiger partial charge in [-0.15, -0.1) is 0 Å². The predicted molar refractivity (Wildman–Crippen MR) is 94.1 cm³/mol. The van der Waals surface area contributed by atoms with E-state index in [0.717, 1.165) is 43.4 Å². The molecule has 23 heavy (non-hydrogen) atoms. The number of hydrogen-bond donors (Lipinski definition) is 1. The molecule has 5 unspecified atom stereocenters. The predicted octanol–water partition coefficient (Wildman–Crippen LogP) is 4.99. The standard InChI is InChI=1S/C19H30O2.C2H6/c1-18-9-7-13(20)11-12(18)3-4-14-15-5-6-17(21)19(15,2)10-8-16(14)18;1-2/h12,14-17,21H,3-11H2,1-2H3;1-2H3/t12?,14?,15?,16?,17?,18-,19-;/m0./s1. The molecule has 132 valence electrons. The number of Topliss-reactive ketones (excluding diaryl/α,β-unsaturated/α-hetero) is 1. The first-order valence-electron chi connectivity index (χ1n) is 10.1. The highest BCUT2D eigenvalue weighted by atomic mass is 16.3. The first-order valence-corrected chi connectivity index (χ1v) is 10.1. The molecular formula is C21H36O2. The lowest BCUT2D eigenvalue weighted by Crippen LogP contribution is -2.54. The molecule has 4 fully saturated rings. The van der Waals surface area contributed by atoms with Crippen LogP contribution in [0, 0.1) is 34.5 Å². The Bertz CT molecular complexity index is 459. The van der Waals surface area contributed by atoms with Gasteiger partial charge in [0.05, 0.1) is 6.10 Å². The maximum absolute atomic E-state index is 11.9. The summed E-state index contributed by atoms with van der Waals surface area (Å²) in [7, 11) is 0. The number of rotatable bonds is 0. The van der Waals surface area contributed by atoms with Crippen LogP contribution in [0.15, 0.2) is 0 Å². The Morgan fingerprint density at radius 1 is 0.913 bits per heavy atom. The van der Waals surface area contributed by atoms with Crippen LogP contribution in [0.1, 0.15) is 85.5 Å². The molecule has 0 amide bonds. The van der Waals surface area contributed by atoms with E-state index in [2.05, 4.69) is 13.8 Å². The zero-order valence-electron chi connectivity index (χ0n) is 15.6. The lowest BCUT2D eigenvalue weighted by atomic mass is 9.45. The van der Waals surface area contributed by atoms with Gasteiger partial charge in [0.1, 0.15) is 5.78 Å². The van der Waals surface area contributed by atoms with Crippen molar-refractivity contribution in [2.24, 2.45) is 34.5 Å². The van der Waals surface area contributed by atoms with Crippen molar-refractivity contribution in [2.75, 3.05) is 0 Å². The van der Waals surface area contributed by atoms with Crippen molar-refractivity contribution in [1.29, 1.82) is 0 Å². The number of hydrogen-bond acceptors (Lipinski definition) is 2. The van der Waals surface area contributed by atoms with E-state index in [-0.39, 0.29) is 11.5 Å². The van der Waals surface area contributed by atoms with Crippen LogP contribution in [-0.4, -0.2) is 17.0 Å². The van der Waals surface area contributed by atoms with Gasteiger partial charge in [-0.1, -0.05) is 27.7 Å². The van der Waals surface area contributed by atoms with E-state index in [4.69, 9.17) is 0 Å². The molecular weight excluding hydrogens is 284 g/mol. The molecule has 0 saturated heterocycles. The largest absolute Gasteiger partial charge is 0.393 e. The van der Waals surface area contributed by atoms with E-state index in [9.17, 15) is 9.90 Å². The van der Waals surface area contributed by atoms with Crippen LogP contribution in [0.5, 0.6) is 0 Å². The molecule has 0 spiro atoms. The molecule has 0 aromatic rings. The van der Waals surface area contributed by atoms with Gasteiger partial charge in [-0.3, -0.25) is 4.79 Å². The molecule has 0 aromatic carbocycles. The van der Waals surface area contributed by atoms with Gasteiger partial charge in [-0.2, -0.15) is 0 Å². The number of carbonyl (C=O) groups is 1. The number of aliphatic hydroxyl groups excluding tert-OH is 1. The molecule has 1 N–H and O–H groups in total. The van der Waals surface area contributed by atoms with Crippen molar-refractivity contribution < 1.29 is 9.90 Å². The van der Waals surface area contributed by atoms with Gasteiger partial charge < -0.3 is 5.11 Å². The average Bonchev–Trinajstić information content (AvgIpc) is 2.86. The SMILES string of the molecule is CC.C[C@]12CCC(=O)CC1CCC1C2CC[C@]2(C)C(O)CCC12. The third-order valence-electron chi connectivity index (χ3n) is 8.43. The quantitative estimate of drug-likeness (QED) is 0.683. The summed E-state index contributed by atoms with van der Waals surface area (Å²) in [5, 5.41) is 10.5. The normalized spacial score (nSPS) is 51.9. The first kappa shape index (κ1) is 17.5. The van der Waals surface area contributed by atoms with Crippen LogP contribution in [0.25, 0.3) is 0 Å². The molecule has 0 radical (unpaired) electrons. The topological polar surface area (TPSA) is 37.3 Å². The molecule has 0 heterocycles. The lowest BCUT2D eigenvalue weighted by molar-refractivity contribution is -0.141. The highest BCUT2D eigenvalue weighted by Crippen LogP contribution is 2.65. The Morgan fingerprint density at radius 2 is 1.61 bits per heavy atom. The van der Waals surface area contributed by atoms with Crippen molar-refractivity contribution in [3.8, 4) is 0 Å². The summed E-state index contributed by atoms with van der Waals surface area (Å²) in [6.45, 7) is 8.85. The molecule has 4 saturated carbocycles. The third-order valence-corrected chi connectivity index (χ3v) is 8.43. The Kier molecular flexibility index (Phi) is 4.68. The Labute approximate surface area is 142 Å². The van der Waals surface area contributed by atoms with Gasteiger partial charge in [0, 0.05) is 12.8 Å².